The van der Waals surface area contributed by atoms with E-state index in [1.165, 1.54) is 5.56 Å². The number of rotatable bonds is 3. The molecule has 1 atom stereocenters. The Balaban J connectivity index is 1.95. The molecule has 2 aromatic rings. The Morgan fingerprint density at radius 2 is 2.05 bits per heavy atom. The maximum absolute atomic E-state index is 9.26. The molecule has 2 nitrogen and oxygen atoms in total. The Labute approximate surface area is 131 Å². The highest BCUT2D eigenvalue weighted by Gasteiger charge is 2.23. The predicted octanol–water partition coefficient (Wildman–Crippen LogP) is 4.22. The first kappa shape index (κ1) is 14.0. The SMILES string of the molecule is CCc1ccc(C(=S)c2ccc3n2CCCC3C#N)cc1. The maximum Gasteiger partial charge on any atom is 0.0865 e. The number of hydrogen-bond donors (Lipinski definition) is 0. The maximum atomic E-state index is 9.26. The van der Waals surface area contributed by atoms with Crippen LogP contribution in [0.2, 0.25) is 0 Å². The third-order valence-electron chi connectivity index (χ3n) is 4.26. The largest absolute Gasteiger partial charge is 0.343 e. The lowest BCUT2D eigenvalue weighted by Crippen LogP contribution is -2.18. The summed E-state index contributed by atoms with van der Waals surface area (Å²) in [5.74, 6) is 0.0118. The second-order valence-electron chi connectivity index (χ2n) is 5.50. The van der Waals surface area contributed by atoms with Crippen molar-refractivity contribution in [2.75, 3.05) is 0 Å². The van der Waals surface area contributed by atoms with Crippen molar-refractivity contribution in [3.05, 3.63) is 58.9 Å². The normalized spacial score (nSPS) is 17.0. The van der Waals surface area contributed by atoms with Gasteiger partial charge in [-0.3, -0.25) is 0 Å². The summed E-state index contributed by atoms with van der Waals surface area (Å²) in [6.07, 6.45) is 3.04. The molecule has 1 aromatic carbocycles. The summed E-state index contributed by atoms with van der Waals surface area (Å²) in [4.78, 5) is 0.877. The Bertz CT molecular complexity index is 704. The highest BCUT2D eigenvalue weighted by atomic mass is 32.1. The van der Waals surface area contributed by atoms with Crippen LogP contribution in [0, 0.1) is 11.3 Å². The number of nitrogens with zero attached hydrogens (tertiary/aromatic N) is 2. The fraction of sp³-hybridized carbons (Fsp3) is 0.333. The van der Waals surface area contributed by atoms with Crippen molar-refractivity contribution in [2.24, 2.45) is 0 Å². The molecule has 0 amide bonds. The van der Waals surface area contributed by atoms with Crippen LogP contribution in [0.4, 0.5) is 0 Å². The minimum absolute atomic E-state index is 0.0118. The molecule has 3 rings (SSSR count). The van der Waals surface area contributed by atoms with Crippen molar-refractivity contribution >= 4 is 17.1 Å². The molecule has 106 valence electrons. The first-order chi connectivity index (χ1) is 10.2. The van der Waals surface area contributed by atoms with Crippen molar-refractivity contribution in [1.29, 1.82) is 5.26 Å². The molecule has 2 heterocycles. The molecule has 0 saturated carbocycles. The van der Waals surface area contributed by atoms with E-state index >= 15 is 0 Å². The summed E-state index contributed by atoms with van der Waals surface area (Å²) in [7, 11) is 0. The number of benzene rings is 1. The van der Waals surface area contributed by atoms with E-state index in [9.17, 15) is 5.26 Å². The van der Waals surface area contributed by atoms with Crippen LogP contribution in [0.3, 0.4) is 0 Å². The van der Waals surface area contributed by atoms with Crippen molar-refractivity contribution in [1.82, 2.24) is 4.57 Å². The lowest BCUT2D eigenvalue weighted by Gasteiger charge is -2.22. The summed E-state index contributed by atoms with van der Waals surface area (Å²) in [6, 6.07) is 15.0. The Morgan fingerprint density at radius 1 is 1.29 bits per heavy atom. The van der Waals surface area contributed by atoms with Crippen LogP contribution < -0.4 is 0 Å². The van der Waals surface area contributed by atoms with Crippen LogP contribution in [0.5, 0.6) is 0 Å². The van der Waals surface area contributed by atoms with E-state index in [4.69, 9.17) is 12.2 Å². The van der Waals surface area contributed by atoms with Gasteiger partial charge >= 0.3 is 0 Å². The molecule has 1 aliphatic rings. The van der Waals surface area contributed by atoms with Crippen LogP contribution in [0.25, 0.3) is 0 Å². The number of hydrogen-bond acceptors (Lipinski definition) is 2. The van der Waals surface area contributed by atoms with E-state index in [1.807, 2.05) is 0 Å². The third-order valence-corrected chi connectivity index (χ3v) is 4.70. The smallest absolute Gasteiger partial charge is 0.0865 e. The highest BCUT2D eigenvalue weighted by Crippen LogP contribution is 2.30. The summed E-state index contributed by atoms with van der Waals surface area (Å²) >= 11 is 5.68. The van der Waals surface area contributed by atoms with Gasteiger partial charge in [0.2, 0.25) is 0 Å². The first-order valence-electron chi connectivity index (χ1n) is 7.47. The molecule has 0 radical (unpaired) electrons. The number of fused-ring (bicyclic) bond motifs is 1. The number of nitriles is 1. The van der Waals surface area contributed by atoms with E-state index in [1.54, 1.807) is 0 Å². The monoisotopic (exact) mass is 294 g/mol. The fourth-order valence-electron chi connectivity index (χ4n) is 3.01. The van der Waals surface area contributed by atoms with Crippen molar-refractivity contribution in [3.8, 4) is 6.07 Å². The highest BCUT2D eigenvalue weighted by molar-refractivity contribution is 7.81. The predicted molar refractivity (Wildman–Crippen MR) is 88.6 cm³/mol. The zero-order valence-electron chi connectivity index (χ0n) is 12.2. The number of aromatic nitrogens is 1. The van der Waals surface area contributed by atoms with Crippen LogP contribution in [0.15, 0.2) is 36.4 Å². The molecular formula is C18H18N2S. The number of thiocarbonyl (C=S) groups is 1. The third kappa shape index (κ3) is 2.52. The summed E-state index contributed by atoms with van der Waals surface area (Å²) in [6.45, 7) is 3.11. The average molecular weight is 294 g/mol. The van der Waals surface area contributed by atoms with E-state index < -0.39 is 0 Å². The molecule has 1 unspecified atom stereocenters. The average Bonchev–Trinajstić information content (AvgIpc) is 2.98. The minimum Gasteiger partial charge on any atom is -0.343 e. The molecule has 1 aromatic heterocycles. The first-order valence-corrected chi connectivity index (χ1v) is 7.88. The Kier molecular flexibility index (Phi) is 3.90. The van der Waals surface area contributed by atoms with Crippen LogP contribution in [-0.2, 0) is 13.0 Å². The van der Waals surface area contributed by atoms with Gasteiger partial charge in [0.1, 0.15) is 0 Å². The van der Waals surface area contributed by atoms with Gasteiger partial charge < -0.3 is 4.57 Å². The molecule has 0 bridgehead atoms. The zero-order valence-corrected chi connectivity index (χ0v) is 13.0. The standard InChI is InChI=1S/C18H18N2S/c1-2-13-5-7-14(8-6-13)18(21)17-10-9-16-15(12-19)4-3-11-20(16)17/h5-10,15H,2-4,11H2,1H3. The second kappa shape index (κ2) is 5.83. The number of aryl methyl sites for hydroxylation is 1. The topological polar surface area (TPSA) is 28.7 Å². The second-order valence-corrected chi connectivity index (χ2v) is 5.91. The molecule has 0 saturated heterocycles. The van der Waals surface area contributed by atoms with Gasteiger partial charge in [0, 0.05) is 12.2 Å². The minimum atomic E-state index is 0.0118. The molecular weight excluding hydrogens is 276 g/mol. The molecule has 3 heteroatoms. The van der Waals surface area contributed by atoms with E-state index in [2.05, 4.69) is 54.0 Å². The fourth-order valence-corrected chi connectivity index (χ4v) is 3.32. The summed E-state index contributed by atoms with van der Waals surface area (Å²) in [5, 5.41) is 9.26. The lowest BCUT2D eigenvalue weighted by molar-refractivity contribution is 0.502. The molecule has 0 N–H and O–H groups in total. The van der Waals surface area contributed by atoms with Gasteiger partial charge in [-0.15, -0.1) is 0 Å². The Morgan fingerprint density at radius 3 is 2.71 bits per heavy atom. The molecule has 0 aliphatic carbocycles. The van der Waals surface area contributed by atoms with Gasteiger partial charge in [-0.05, 0) is 42.5 Å². The summed E-state index contributed by atoms with van der Waals surface area (Å²) < 4.78 is 2.23. The van der Waals surface area contributed by atoms with Crippen LogP contribution in [-0.4, -0.2) is 9.43 Å². The van der Waals surface area contributed by atoms with Crippen LogP contribution >= 0.6 is 12.2 Å². The van der Waals surface area contributed by atoms with Gasteiger partial charge in [-0.1, -0.05) is 43.4 Å². The van der Waals surface area contributed by atoms with Gasteiger partial charge in [0.05, 0.1) is 22.5 Å². The molecule has 1 aliphatic heterocycles. The Hall–Kier alpha value is -1.92. The van der Waals surface area contributed by atoms with Gasteiger partial charge in [-0.25, -0.2) is 0 Å². The molecule has 0 spiro atoms. The van der Waals surface area contributed by atoms with Crippen LogP contribution in [0.1, 0.15) is 48.2 Å². The van der Waals surface area contributed by atoms with Crippen molar-refractivity contribution in [2.45, 2.75) is 38.6 Å². The summed E-state index contributed by atoms with van der Waals surface area (Å²) in [5.41, 5.74) is 4.60. The van der Waals surface area contributed by atoms with Gasteiger partial charge in [-0.2, -0.15) is 5.26 Å². The quantitative estimate of drug-likeness (QED) is 0.626. The van der Waals surface area contributed by atoms with Crippen molar-refractivity contribution < 1.29 is 0 Å². The van der Waals surface area contributed by atoms with Gasteiger partial charge in [0.25, 0.3) is 0 Å². The van der Waals surface area contributed by atoms with E-state index in [0.717, 1.165) is 47.6 Å². The van der Waals surface area contributed by atoms with Gasteiger partial charge in [0.15, 0.2) is 0 Å². The lowest BCUT2D eigenvalue weighted by atomic mass is 9.98. The van der Waals surface area contributed by atoms with E-state index in [0.29, 0.717) is 0 Å². The van der Waals surface area contributed by atoms with E-state index in [-0.39, 0.29) is 5.92 Å². The zero-order chi connectivity index (χ0) is 14.8. The molecule has 0 fully saturated rings. The van der Waals surface area contributed by atoms with Crippen molar-refractivity contribution in [3.63, 3.8) is 0 Å². The molecule has 21 heavy (non-hydrogen) atoms.